The number of ether oxygens (including phenoxy) is 2. The van der Waals surface area contributed by atoms with Crippen molar-refractivity contribution in [3.8, 4) is 17.1 Å². The maximum atomic E-state index is 13.3. The molecule has 8 atom stereocenters. The molecule has 3 saturated carbocycles. The lowest BCUT2D eigenvalue weighted by molar-refractivity contribution is -0.184. The third kappa shape index (κ3) is 3.77. The van der Waals surface area contributed by atoms with Crippen LogP contribution in [0, 0.1) is 34.0 Å². The average molecular weight is 578 g/mol. The summed E-state index contributed by atoms with van der Waals surface area (Å²) in [5.41, 5.74) is -2.39. The Labute approximate surface area is 242 Å². The van der Waals surface area contributed by atoms with Crippen molar-refractivity contribution < 1.29 is 38.8 Å². The molecule has 222 valence electrons. The molecule has 2 aromatic heterocycles. The van der Waals surface area contributed by atoms with Gasteiger partial charge in [-0.15, -0.1) is 0 Å². The molecule has 3 unspecified atom stereocenters. The van der Waals surface area contributed by atoms with Crippen molar-refractivity contribution in [1.82, 2.24) is 4.98 Å². The van der Waals surface area contributed by atoms with Crippen LogP contribution in [0.15, 0.2) is 51.1 Å². The zero-order chi connectivity index (χ0) is 29.8. The molecule has 1 aliphatic heterocycles. The number of esters is 1. The molecule has 2 aromatic rings. The highest BCUT2D eigenvalue weighted by molar-refractivity contribution is 5.78. The number of fused-ring (bicyclic) bond motifs is 3. The predicted octanol–water partition coefficient (Wildman–Crippen LogP) is 4.00. The molecule has 10 heteroatoms. The van der Waals surface area contributed by atoms with Crippen molar-refractivity contribution in [2.45, 2.75) is 77.6 Å². The van der Waals surface area contributed by atoms with Crippen LogP contribution in [0.25, 0.3) is 11.3 Å². The van der Waals surface area contributed by atoms with Crippen molar-refractivity contribution in [3.05, 3.63) is 57.9 Å². The monoisotopic (exact) mass is 577 g/mol. The van der Waals surface area contributed by atoms with Gasteiger partial charge in [-0.3, -0.25) is 14.6 Å². The fourth-order valence-corrected chi connectivity index (χ4v) is 8.47. The fourth-order valence-electron chi connectivity index (χ4n) is 8.47. The molecule has 0 radical (unpaired) electrons. The van der Waals surface area contributed by atoms with Gasteiger partial charge in [-0.1, -0.05) is 13.8 Å². The van der Waals surface area contributed by atoms with Crippen LogP contribution in [0.3, 0.4) is 0 Å². The first-order chi connectivity index (χ1) is 19.9. The van der Waals surface area contributed by atoms with E-state index >= 15 is 0 Å². The number of hydrogen-bond acceptors (Lipinski definition) is 9. The Balaban J connectivity index is 1.31. The summed E-state index contributed by atoms with van der Waals surface area (Å²) in [6.07, 6.45) is 3.28. The third-order valence-electron chi connectivity index (χ3n) is 11.1. The van der Waals surface area contributed by atoms with Crippen molar-refractivity contribution in [1.29, 1.82) is 0 Å². The number of hydrogen-bond donors (Lipinski definition) is 3. The number of nitrogens with zero attached hydrogens (tertiary/aromatic N) is 1. The zero-order valence-corrected chi connectivity index (χ0v) is 23.8. The van der Waals surface area contributed by atoms with Crippen LogP contribution < -0.4 is 10.4 Å². The summed E-state index contributed by atoms with van der Waals surface area (Å²) in [5.74, 6) is -1.37. The van der Waals surface area contributed by atoms with Gasteiger partial charge in [-0.25, -0.2) is 4.79 Å². The van der Waals surface area contributed by atoms with Gasteiger partial charge in [0.15, 0.2) is 0 Å². The summed E-state index contributed by atoms with van der Waals surface area (Å²) in [5, 5.41) is 33.5. The molecule has 7 rings (SSSR count). The van der Waals surface area contributed by atoms with E-state index in [-0.39, 0.29) is 53.0 Å². The maximum absolute atomic E-state index is 13.3. The normalized spacial score (nSPS) is 38.5. The first-order valence-electron chi connectivity index (χ1n) is 14.7. The summed E-state index contributed by atoms with van der Waals surface area (Å²) >= 11 is 0. The van der Waals surface area contributed by atoms with E-state index in [4.69, 9.17) is 13.9 Å². The molecule has 0 saturated heterocycles. The Hall–Kier alpha value is -3.50. The quantitative estimate of drug-likeness (QED) is 0.444. The van der Waals surface area contributed by atoms with E-state index in [1.165, 1.54) is 6.07 Å². The second-order valence-electron chi connectivity index (χ2n) is 13.5. The molecule has 0 aromatic carbocycles. The van der Waals surface area contributed by atoms with E-state index in [0.29, 0.717) is 30.4 Å². The Morgan fingerprint density at radius 3 is 2.52 bits per heavy atom. The first kappa shape index (κ1) is 27.3. The minimum absolute atomic E-state index is 0.0405. The molecule has 10 nitrogen and oxygen atoms in total. The van der Waals surface area contributed by atoms with Gasteiger partial charge in [0.1, 0.15) is 41.1 Å². The number of aliphatic hydroxyl groups excluding tert-OH is 2. The second-order valence-corrected chi connectivity index (χ2v) is 13.5. The highest BCUT2D eigenvalue weighted by atomic mass is 16.5. The van der Waals surface area contributed by atoms with Crippen LogP contribution in [0.4, 0.5) is 0 Å². The number of aliphatic carboxylic acids is 1. The maximum Gasteiger partial charge on any atom is 0.346 e. The van der Waals surface area contributed by atoms with Crippen LogP contribution in [0.1, 0.15) is 71.0 Å². The molecule has 5 aliphatic rings. The summed E-state index contributed by atoms with van der Waals surface area (Å²) in [6, 6.07) is 4.98. The standard InChI is InChI=1S/C32H35NO9/c1-30-9-8-22(42-27(36)15-6-7-15)32(3,21-13-31(21,2)29(38)39)20(30)11-17(34)26-24(30)25(35)23-19(40-26)12-18(41-28(23)37)16-5-4-10-33-14-16/h4-5,10,12,14-15,17,20-22,25,34-35H,6-9,11,13H2,1-3H3,(H,38,39)/t17-,20?,21?,22+,25-,30+,31?,32+/m1/s1. The van der Waals surface area contributed by atoms with Gasteiger partial charge in [-0.05, 0) is 74.8 Å². The van der Waals surface area contributed by atoms with Crippen LogP contribution in [0.5, 0.6) is 5.75 Å². The van der Waals surface area contributed by atoms with Crippen LogP contribution in [-0.2, 0) is 14.3 Å². The van der Waals surface area contributed by atoms with Crippen molar-refractivity contribution >= 4 is 11.9 Å². The Bertz CT molecular complexity index is 1580. The number of carbonyl (C=O) groups is 2. The van der Waals surface area contributed by atoms with E-state index in [1.54, 1.807) is 31.5 Å². The number of aromatic nitrogens is 1. The van der Waals surface area contributed by atoms with Crippen LogP contribution in [-0.4, -0.2) is 44.5 Å². The summed E-state index contributed by atoms with van der Waals surface area (Å²) < 4.78 is 18.0. The van der Waals surface area contributed by atoms with E-state index in [9.17, 15) is 29.7 Å². The number of rotatable bonds is 5. The topological polar surface area (TPSA) is 156 Å². The van der Waals surface area contributed by atoms with E-state index < -0.39 is 46.2 Å². The van der Waals surface area contributed by atoms with E-state index in [0.717, 1.165) is 12.8 Å². The summed E-state index contributed by atoms with van der Waals surface area (Å²) in [4.78, 5) is 42.6. The predicted molar refractivity (Wildman–Crippen MR) is 147 cm³/mol. The number of carboxylic acids is 1. The highest BCUT2D eigenvalue weighted by Gasteiger charge is 2.72. The molecule has 0 bridgehead atoms. The van der Waals surface area contributed by atoms with Crippen LogP contribution in [0.2, 0.25) is 0 Å². The van der Waals surface area contributed by atoms with Gasteiger partial charge in [-0.2, -0.15) is 0 Å². The molecule has 0 amide bonds. The van der Waals surface area contributed by atoms with E-state index in [1.807, 2.05) is 13.8 Å². The molecular weight excluding hydrogens is 542 g/mol. The smallest absolute Gasteiger partial charge is 0.346 e. The Morgan fingerprint density at radius 2 is 1.88 bits per heavy atom. The van der Waals surface area contributed by atoms with Crippen LogP contribution >= 0.6 is 0 Å². The lowest BCUT2D eigenvalue weighted by atomic mass is 9.46. The summed E-state index contributed by atoms with van der Waals surface area (Å²) in [6.45, 7) is 5.69. The molecule has 3 N–H and O–H groups in total. The molecular formula is C32H35NO9. The molecule has 3 fully saturated rings. The Morgan fingerprint density at radius 1 is 1.12 bits per heavy atom. The van der Waals surface area contributed by atoms with Crippen molar-refractivity contribution in [2.75, 3.05) is 0 Å². The molecule has 4 aliphatic carbocycles. The highest BCUT2D eigenvalue weighted by Crippen LogP contribution is 2.73. The van der Waals surface area contributed by atoms with Crippen molar-refractivity contribution in [2.24, 2.45) is 34.0 Å². The van der Waals surface area contributed by atoms with Gasteiger partial charge in [0.05, 0.1) is 11.3 Å². The first-order valence-corrected chi connectivity index (χ1v) is 14.7. The SMILES string of the molecule is CC1(C(=O)O)CC1[C@]1(C)C2C[C@@H](O)C3=C([C@H](O)c4c(cc(-c5cccnc5)oc4=O)O3)[C@@]2(C)CC[C@@H]1OC(=O)C1CC1. The minimum atomic E-state index is -1.40. The number of carbonyl (C=O) groups excluding carboxylic acids is 1. The zero-order valence-electron chi connectivity index (χ0n) is 23.8. The van der Waals surface area contributed by atoms with Crippen molar-refractivity contribution in [3.63, 3.8) is 0 Å². The summed E-state index contributed by atoms with van der Waals surface area (Å²) in [7, 11) is 0. The fraction of sp³-hybridized carbons (Fsp3) is 0.562. The average Bonchev–Trinajstić information content (AvgIpc) is 3.88. The van der Waals surface area contributed by atoms with Gasteiger partial charge in [0.2, 0.25) is 0 Å². The number of pyridine rings is 1. The molecule has 0 spiro atoms. The lowest BCUT2D eigenvalue weighted by Crippen LogP contribution is -2.59. The van der Waals surface area contributed by atoms with Gasteiger partial charge < -0.3 is 29.2 Å². The lowest BCUT2D eigenvalue weighted by Gasteiger charge is -2.60. The number of carboxylic acid groups (broad SMARTS) is 1. The van der Waals surface area contributed by atoms with Gasteiger partial charge >= 0.3 is 17.6 Å². The third-order valence-corrected chi connectivity index (χ3v) is 11.1. The van der Waals surface area contributed by atoms with E-state index in [2.05, 4.69) is 4.98 Å². The minimum Gasteiger partial charge on any atom is -0.481 e. The molecule has 3 heterocycles. The molecule has 42 heavy (non-hydrogen) atoms. The second kappa shape index (κ2) is 9.00. The van der Waals surface area contributed by atoms with Gasteiger partial charge in [0.25, 0.3) is 0 Å². The largest absolute Gasteiger partial charge is 0.481 e. The number of aliphatic hydroxyl groups is 2. The van der Waals surface area contributed by atoms with Gasteiger partial charge in [0, 0.05) is 35.0 Å². The Kier molecular flexibility index (Phi) is 5.86.